The molecule has 1 aromatic heterocycles. The third kappa shape index (κ3) is 4.84. The van der Waals surface area contributed by atoms with Gasteiger partial charge in [0.1, 0.15) is 11.5 Å². The van der Waals surface area contributed by atoms with Crippen molar-refractivity contribution in [3.63, 3.8) is 0 Å². The number of fused-ring (bicyclic) bond motifs is 3. The molecule has 0 aliphatic carbocycles. The molecule has 2 heterocycles. The monoisotopic (exact) mass is 535 g/mol. The molecule has 0 saturated carbocycles. The summed E-state index contributed by atoms with van der Waals surface area (Å²) in [7, 11) is 0. The summed E-state index contributed by atoms with van der Waals surface area (Å²) in [6.07, 6.45) is 1.45. The Balaban J connectivity index is 1.85. The summed E-state index contributed by atoms with van der Waals surface area (Å²) in [6.45, 7) is 5.02. The zero-order valence-electron chi connectivity index (χ0n) is 19.7. The molecule has 11 heteroatoms. The van der Waals surface area contributed by atoms with Gasteiger partial charge in [-0.05, 0) is 43.7 Å². The van der Waals surface area contributed by atoms with Crippen molar-refractivity contribution in [3.8, 4) is 11.1 Å². The second kappa shape index (κ2) is 11.0. The number of rotatable bonds is 8. The van der Waals surface area contributed by atoms with Crippen molar-refractivity contribution >= 4 is 52.1 Å². The molecule has 1 aliphatic rings. The van der Waals surface area contributed by atoms with Crippen LogP contribution in [-0.2, 0) is 0 Å². The predicted molar refractivity (Wildman–Crippen MR) is 140 cm³/mol. The van der Waals surface area contributed by atoms with Crippen LogP contribution in [0.2, 0.25) is 10.0 Å². The zero-order valence-corrected chi connectivity index (χ0v) is 21.2. The number of aliphatic hydroxyl groups excluding tert-OH is 1. The molecule has 190 valence electrons. The topological polar surface area (TPSA) is 80.7 Å². The molecule has 2 amide bonds. The Morgan fingerprint density at radius 1 is 1.08 bits per heavy atom. The minimum atomic E-state index is -0.926. The number of aromatic nitrogens is 1. The van der Waals surface area contributed by atoms with Crippen molar-refractivity contribution in [2.75, 3.05) is 47.9 Å². The highest BCUT2D eigenvalue weighted by molar-refractivity contribution is 6.32. The van der Waals surface area contributed by atoms with E-state index in [0.29, 0.717) is 52.2 Å². The van der Waals surface area contributed by atoms with E-state index in [9.17, 15) is 4.79 Å². The first-order chi connectivity index (χ1) is 17.3. The molecule has 4 rings (SSSR count). The molecular formula is C25H25Cl2F2N5O2. The molecule has 0 atom stereocenters. The fourth-order valence-corrected chi connectivity index (χ4v) is 4.50. The largest absolute Gasteiger partial charge is 0.395 e. The number of halogens is 4. The minimum absolute atomic E-state index is 0.00674. The van der Waals surface area contributed by atoms with Gasteiger partial charge in [-0.3, -0.25) is 9.80 Å². The van der Waals surface area contributed by atoms with E-state index < -0.39 is 23.4 Å². The van der Waals surface area contributed by atoms with Gasteiger partial charge >= 0.3 is 6.03 Å². The summed E-state index contributed by atoms with van der Waals surface area (Å²) in [5.74, 6) is -1.51. The zero-order chi connectivity index (χ0) is 26.0. The Bertz CT molecular complexity index is 1280. The maximum atomic E-state index is 15.5. The van der Waals surface area contributed by atoms with Gasteiger partial charge in [-0.15, -0.1) is 0 Å². The molecule has 3 aromatic rings. The lowest BCUT2D eigenvalue weighted by Crippen LogP contribution is -2.41. The highest BCUT2D eigenvalue weighted by Crippen LogP contribution is 2.47. The number of urea groups is 1. The highest BCUT2D eigenvalue weighted by Gasteiger charge is 2.37. The van der Waals surface area contributed by atoms with Gasteiger partial charge in [0.05, 0.1) is 17.3 Å². The number of carbonyl (C=O) groups is 1. The summed E-state index contributed by atoms with van der Waals surface area (Å²) < 4.78 is 31.0. The van der Waals surface area contributed by atoms with Crippen molar-refractivity contribution in [2.45, 2.75) is 13.8 Å². The third-order valence-corrected chi connectivity index (χ3v) is 6.50. The summed E-state index contributed by atoms with van der Waals surface area (Å²) in [5, 5.41) is 15.4. The van der Waals surface area contributed by atoms with Crippen LogP contribution in [0.3, 0.4) is 0 Å². The van der Waals surface area contributed by atoms with E-state index in [1.807, 2.05) is 0 Å². The first-order valence-corrected chi connectivity index (χ1v) is 12.1. The lowest BCUT2D eigenvalue weighted by atomic mass is 9.99. The molecule has 7 nitrogen and oxygen atoms in total. The smallest absolute Gasteiger partial charge is 0.334 e. The first-order valence-electron chi connectivity index (χ1n) is 11.4. The van der Waals surface area contributed by atoms with E-state index in [2.05, 4.69) is 15.6 Å². The Morgan fingerprint density at radius 3 is 2.47 bits per heavy atom. The number of anilines is 4. The Labute approximate surface area is 217 Å². The molecule has 0 unspecified atom stereocenters. The van der Waals surface area contributed by atoms with Gasteiger partial charge in [0, 0.05) is 54.2 Å². The van der Waals surface area contributed by atoms with Crippen LogP contribution >= 0.6 is 23.2 Å². The number of nitrogens with zero attached hydrogens (tertiary/aromatic N) is 3. The second-order valence-electron chi connectivity index (χ2n) is 8.14. The van der Waals surface area contributed by atoms with Crippen molar-refractivity contribution in [1.82, 2.24) is 10.3 Å². The van der Waals surface area contributed by atoms with Gasteiger partial charge in [0.15, 0.2) is 11.6 Å². The molecule has 0 bridgehead atoms. The lowest BCUT2D eigenvalue weighted by molar-refractivity contribution is 0.253. The van der Waals surface area contributed by atoms with Crippen LogP contribution in [0.1, 0.15) is 12.5 Å². The predicted octanol–water partition coefficient (Wildman–Crippen LogP) is 5.73. The first kappa shape index (κ1) is 26.1. The van der Waals surface area contributed by atoms with Crippen LogP contribution in [0.15, 0.2) is 36.5 Å². The maximum Gasteiger partial charge on any atom is 0.334 e. The van der Waals surface area contributed by atoms with E-state index in [4.69, 9.17) is 28.3 Å². The standard InChI is InChI=1S/C25H25Cl2F2N5O2/c1-3-33-24-22(14(2)18(27)13-32-24)17-5-4-15(26)10-21(17)34(25(33)36)23-19(28)11-16(12-20(23)29)31-7-6-30-8-9-35/h4-5,10-13,30-31,35H,3,6-9H2,1-2H3. The number of benzene rings is 2. The van der Waals surface area contributed by atoms with Crippen molar-refractivity contribution in [3.05, 3.63) is 63.8 Å². The SMILES string of the molecule is CCN1C(=O)N(c2c(F)cc(NCCNCCO)cc2F)c2cc(Cl)ccc2-c2c1ncc(Cl)c2C. The van der Waals surface area contributed by atoms with Gasteiger partial charge in [0.2, 0.25) is 0 Å². The number of hydrogen-bond donors (Lipinski definition) is 3. The average Bonchev–Trinajstić information content (AvgIpc) is 2.93. The van der Waals surface area contributed by atoms with Gasteiger partial charge in [-0.2, -0.15) is 0 Å². The van der Waals surface area contributed by atoms with E-state index in [1.54, 1.807) is 26.0 Å². The number of hydrogen-bond acceptors (Lipinski definition) is 5. The van der Waals surface area contributed by atoms with Crippen LogP contribution in [-0.4, -0.2) is 48.9 Å². The van der Waals surface area contributed by atoms with E-state index >= 15 is 8.78 Å². The molecule has 1 aliphatic heterocycles. The molecule has 3 N–H and O–H groups in total. The normalized spacial score (nSPS) is 12.9. The van der Waals surface area contributed by atoms with Crippen LogP contribution in [0, 0.1) is 18.6 Å². The van der Waals surface area contributed by atoms with Gasteiger partial charge in [-0.25, -0.2) is 18.6 Å². The molecule has 0 fully saturated rings. The summed E-state index contributed by atoms with van der Waals surface area (Å²) in [5.41, 5.74) is 1.68. The summed E-state index contributed by atoms with van der Waals surface area (Å²) >= 11 is 12.7. The van der Waals surface area contributed by atoms with Gasteiger partial charge < -0.3 is 15.7 Å². The quantitative estimate of drug-likeness (QED) is 0.321. The van der Waals surface area contributed by atoms with E-state index in [0.717, 1.165) is 17.0 Å². The van der Waals surface area contributed by atoms with Crippen LogP contribution in [0.25, 0.3) is 11.1 Å². The average molecular weight is 536 g/mol. The Morgan fingerprint density at radius 2 is 1.81 bits per heavy atom. The summed E-state index contributed by atoms with van der Waals surface area (Å²) in [6, 6.07) is 6.41. The van der Waals surface area contributed by atoms with Crippen molar-refractivity contribution in [1.29, 1.82) is 0 Å². The maximum absolute atomic E-state index is 15.5. The number of carbonyl (C=O) groups excluding carboxylic acids is 1. The molecule has 0 saturated heterocycles. The fourth-order valence-electron chi connectivity index (χ4n) is 4.19. The fraction of sp³-hybridized carbons (Fsp3) is 0.280. The Hall–Kier alpha value is -2.98. The van der Waals surface area contributed by atoms with Crippen molar-refractivity contribution < 1.29 is 18.7 Å². The minimum Gasteiger partial charge on any atom is -0.395 e. The Kier molecular flexibility index (Phi) is 7.94. The number of pyridine rings is 1. The summed E-state index contributed by atoms with van der Waals surface area (Å²) in [4.78, 5) is 20.6. The molecular weight excluding hydrogens is 511 g/mol. The molecule has 0 spiro atoms. The molecule has 0 radical (unpaired) electrons. The second-order valence-corrected chi connectivity index (χ2v) is 8.99. The van der Waals surface area contributed by atoms with Crippen molar-refractivity contribution in [2.24, 2.45) is 0 Å². The third-order valence-electron chi connectivity index (χ3n) is 5.88. The highest BCUT2D eigenvalue weighted by atomic mass is 35.5. The number of amides is 2. The van der Waals surface area contributed by atoms with Crippen LogP contribution < -0.4 is 20.4 Å². The lowest BCUT2D eigenvalue weighted by Gasteiger charge is -2.28. The molecule has 36 heavy (non-hydrogen) atoms. The van der Waals surface area contributed by atoms with Crippen LogP contribution in [0.5, 0.6) is 0 Å². The van der Waals surface area contributed by atoms with E-state index in [1.165, 1.54) is 17.2 Å². The van der Waals surface area contributed by atoms with Gasteiger partial charge in [0.25, 0.3) is 0 Å². The molecule has 2 aromatic carbocycles. The van der Waals surface area contributed by atoms with E-state index in [-0.39, 0.29) is 24.5 Å². The number of nitrogens with one attached hydrogen (secondary N) is 2. The van der Waals surface area contributed by atoms with Crippen LogP contribution in [0.4, 0.5) is 36.5 Å². The van der Waals surface area contributed by atoms with Gasteiger partial charge in [-0.1, -0.05) is 29.3 Å². The number of aliphatic hydroxyl groups is 1.